The van der Waals surface area contributed by atoms with Gasteiger partial charge in [-0.05, 0) is 23.8 Å². The third-order valence-electron chi connectivity index (χ3n) is 2.15. The molecule has 1 heterocycles. The Bertz CT molecular complexity index is 607. The second kappa shape index (κ2) is 4.82. The van der Waals surface area contributed by atoms with Crippen molar-refractivity contribution >= 4 is 23.1 Å². The molecule has 1 aromatic heterocycles. The van der Waals surface area contributed by atoms with Gasteiger partial charge in [-0.15, -0.1) is 0 Å². The fourth-order valence-electron chi connectivity index (χ4n) is 1.49. The number of nitrogens with one attached hydrogen (secondary N) is 1. The van der Waals surface area contributed by atoms with Crippen molar-refractivity contribution in [3.63, 3.8) is 0 Å². The first-order valence-electron chi connectivity index (χ1n) is 4.89. The molecule has 2 aromatic rings. The Labute approximate surface area is 99.7 Å². The van der Waals surface area contributed by atoms with Crippen LogP contribution >= 0.6 is 0 Å². The standard InChI is InChI=1S/C11H8F2N2O3/c12-11(13)18-8-4-6(1-2-9(16)17)3-7-10(8)15-5-14-7/h1-5,11H,(H,14,15)(H,16,17). The molecule has 5 nitrogen and oxygen atoms in total. The van der Waals surface area contributed by atoms with Gasteiger partial charge in [0.15, 0.2) is 5.75 Å². The third-order valence-corrected chi connectivity index (χ3v) is 2.15. The topological polar surface area (TPSA) is 75.2 Å². The Kier molecular flexibility index (Phi) is 3.22. The molecule has 0 amide bonds. The molecule has 0 bridgehead atoms. The zero-order chi connectivity index (χ0) is 13.1. The summed E-state index contributed by atoms with van der Waals surface area (Å²) in [5, 5.41) is 8.50. The van der Waals surface area contributed by atoms with Gasteiger partial charge in [-0.25, -0.2) is 9.78 Å². The van der Waals surface area contributed by atoms with E-state index in [0.29, 0.717) is 11.1 Å². The lowest BCUT2D eigenvalue weighted by atomic mass is 10.1. The molecule has 0 saturated heterocycles. The zero-order valence-corrected chi connectivity index (χ0v) is 8.93. The number of H-pyrrole nitrogens is 1. The summed E-state index contributed by atoms with van der Waals surface area (Å²) in [4.78, 5) is 17.0. The minimum absolute atomic E-state index is 0.103. The van der Waals surface area contributed by atoms with Crippen LogP contribution in [0.2, 0.25) is 0 Å². The quantitative estimate of drug-likeness (QED) is 0.820. The Morgan fingerprint density at radius 2 is 2.28 bits per heavy atom. The smallest absolute Gasteiger partial charge is 0.387 e. The number of rotatable bonds is 4. The maximum absolute atomic E-state index is 12.2. The van der Waals surface area contributed by atoms with Crippen LogP contribution in [0.25, 0.3) is 17.1 Å². The van der Waals surface area contributed by atoms with Crippen LogP contribution in [-0.2, 0) is 4.79 Å². The number of imidazole rings is 1. The molecule has 0 atom stereocenters. The summed E-state index contributed by atoms with van der Waals surface area (Å²) in [6, 6.07) is 2.88. The number of carboxylic acid groups (broad SMARTS) is 1. The lowest BCUT2D eigenvalue weighted by molar-refractivity contribution is -0.131. The van der Waals surface area contributed by atoms with E-state index in [4.69, 9.17) is 5.11 Å². The number of aromatic amines is 1. The van der Waals surface area contributed by atoms with Crippen molar-refractivity contribution < 1.29 is 23.4 Å². The van der Waals surface area contributed by atoms with Gasteiger partial charge < -0.3 is 14.8 Å². The van der Waals surface area contributed by atoms with Crippen LogP contribution in [0, 0.1) is 0 Å². The van der Waals surface area contributed by atoms with Gasteiger partial charge in [0, 0.05) is 6.08 Å². The van der Waals surface area contributed by atoms with Crippen LogP contribution < -0.4 is 4.74 Å². The molecule has 18 heavy (non-hydrogen) atoms. The lowest BCUT2D eigenvalue weighted by Crippen LogP contribution is -2.02. The number of ether oxygens (including phenoxy) is 1. The molecule has 0 saturated carbocycles. The average Bonchev–Trinajstić information content (AvgIpc) is 2.73. The molecule has 0 spiro atoms. The second-order valence-electron chi connectivity index (χ2n) is 3.37. The Hall–Kier alpha value is -2.44. The molecule has 2 rings (SSSR count). The summed E-state index contributed by atoms with van der Waals surface area (Å²) in [5.74, 6) is -1.23. The van der Waals surface area contributed by atoms with E-state index in [9.17, 15) is 13.6 Å². The summed E-state index contributed by atoms with van der Waals surface area (Å²) in [6.45, 7) is -2.97. The van der Waals surface area contributed by atoms with Crippen LogP contribution in [0.5, 0.6) is 5.75 Å². The molecule has 7 heteroatoms. The molecule has 94 valence electrons. The highest BCUT2D eigenvalue weighted by atomic mass is 19.3. The van der Waals surface area contributed by atoms with E-state index in [2.05, 4.69) is 14.7 Å². The monoisotopic (exact) mass is 254 g/mol. The van der Waals surface area contributed by atoms with Gasteiger partial charge in [0.25, 0.3) is 0 Å². The van der Waals surface area contributed by atoms with Crippen LogP contribution in [-0.4, -0.2) is 27.7 Å². The number of nitrogens with zero attached hydrogens (tertiary/aromatic N) is 1. The number of fused-ring (bicyclic) bond motifs is 1. The maximum Gasteiger partial charge on any atom is 0.387 e. The van der Waals surface area contributed by atoms with Crippen molar-refractivity contribution in [2.45, 2.75) is 6.61 Å². The Morgan fingerprint density at radius 3 is 2.94 bits per heavy atom. The molecule has 0 aliphatic rings. The summed E-state index contributed by atoms with van der Waals surface area (Å²) < 4.78 is 28.8. The summed E-state index contributed by atoms with van der Waals surface area (Å²) >= 11 is 0. The fourth-order valence-corrected chi connectivity index (χ4v) is 1.49. The van der Waals surface area contributed by atoms with Crippen molar-refractivity contribution in [3.05, 3.63) is 30.1 Å². The SMILES string of the molecule is O=C(O)C=Cc1cc(OC(F)F)c2nc[nH]c2c1. The number of hydrogen-bond acceptors (Lipinski definition) is 3. The average molecular weight is 254 g/mol. The van der Waals surface area contributed by atoms with E-state index < -0.39 is 12.6 Å². The molecule has 1 aromatic carbocycles. The first kappa shape index (κ1) is 12.0. The van der Waals surface area contributed by atoms with Gasteiger partial charge in [0.05, 0.1) is 11.8 Å². The van der Waals surface area contributed by atoms with Gasteiger partial charge >= 0.3 is 12.6 Å². The highest BCUT2D eigenvalue weighted by molar-refractivity contribution is 5.88. The minimum Gasteiger partial charge on any atom is -0.478 e. The molecule has 0 radical (unpaired) electrons. The highest BCUT2D eigenvalue weighted by Gasteiger charge is 2.11. The first-order valence-corrected chi connectivity index (χ1v) is 4.89. The van der Waals surface area contributed by atoms with Crippen LogP contribution in [0.3, 0.4) is 0 Å². The number of halogens is 2. The Balaban J connectivity index is 2.46. The summed E-state index contributed by atoms with van der Waals surface area (Å²) in [6.07, 6.45) is 3.53. The number of carbonyl (C=O) groups is 1. The number of benzene rings is 1. The van der Waals surface area contributed by atoms with E-state index in [1.54, 1.807) is 6.07 Å². The Morgan fingerprint density at radius 1 is 1.50 bits per heavy atom. The predicted octanol–water partition coefficient (Wildman–Crippen LogP) is 2.26. The van der Waals surface area contributed by atoms with E-state index in [1.165, 1.54) is 18.5 Å². The molecule has 0 fully saturated rings. The van der Waals surface area contributed by atoms with Gasteiger partial charge in [0.1, 0.15) is 5.52 Å². The van der Waals surface area contributed by atoms with E-state index in [0.717, 1.165) is 6.08 Å². The van der Waals surface area contributed by atoms with E-state index >= 15 is 0 Å². The van der Waals surface area contributed by atoms with Crippen molar-refractivity contribution in [2.24, 2.45) is 0 Å². The van der Waals surface area contributed by atoms with Crippen LogP contribution in [0.1, 0.15) is 5.56 Å². The van der Waals surface area contributed by atoms with E-state index in [-0.39, 0.29) is 11.3 Å². The number of aromatic nitrogens is 2. The fraction of sp³-hybridized carbons (Fsp3) is 0.0909. The lowest BCUT2D eigenvalue weighted by Gasteiger charge is -2.06. The second-order valence-corrected chi connectivity index (χ2v) is 3.37. The first-order chi connectivity index (χ1) is 8.56. The highest BCUT2D eigenvalue weighted by Crippen LogP contribution is 2.27. The van der Waals surface area contributed by atoms with Crippen LogP contribution in [0.15, 0.2) is 24.5 Å². The molecule has 0 aliphatic carbocycles. The van der Waals surface area contributed by atoms with Gasteiger partial charge in [-0.2, -0.15) is 8.78 Å². The zero-order valence-electron chi connectivity index (χ0n) is 8.93. The minimum atomic E-state index is -2.97. The van der Waals surface area contributed by atoms with Gasteiger partial charge in [-0.3, -0.25) is 0 Å². The predicted molar refractivity (Wildman–Crippen MR) is 59.4 cm³/mol. The summed E-state index contributed by atoms with van der Waals surface area (Å²) in [5.41, 5.74) is 1.17. The number of carboxylic acids is 1. The maximum atomic E-state index is 12.2. The van der Waals surface area contributed by atoms with Crippen molar-refractivity contribution in [3.8, 4) is 5.75 Å². The third kappa shape index (κ3) is 2.62. The largest absolute Gasteiger partial charge is 0.478 e. The molecule has 2 N–H and O–H groups in total. The number of aliphatic carboxylic acids is 1. The molecule has 0 unspecified atom stereocenters. The number of alkyl halides is 2. The molecular weight excluding hydrogens is 246 g/mol. The number of hydrogen-bond donors (Lipinski definition) is 2. The van der Waals surface area contributed by atoms with E-state index in [1.807, 2.05) is 0 Å². The normalized spacial score (nSPS) is 11.5. The van der Waals surface area contributed by atoms with Crippen LogP contribution in [0.4, 0.5) is 8.78 Å². The van der Waals surface area contributed by atoms with Gasteiger partial charge in [0.2, 0.25) is 0 Å². The van der Waals surface area contributed by atoms with Crippen molar-refractivity contribution in [2.75, 3.05) is 0 Å². The summed E-state index contributed by atoms with van der Waals surface area (Å²) in [7, 11) is 0. The van der Waals surface area contributed by atoms with Crippen molar-refractivity contribution in [1.29, 1.82) is 0 Å². The van der Waals surface area contributed by atoms with Gasteiger partial charge in [-0.1, -0.05) is 0 Å². The molecular formula is C11H8F2N2O3. The van der Waals surface area contributed by atoms with Crippen molar-refractivity contribution in [1.82, 2.24) is 9.97 Å². The molecule has 0 aliphatic heterocycles.